The van der Waals surface area contributed by atoms with E-state index in [1.807, 2.05) is 29.6 Å². The molecule has 1 aliphatic heterocycles. The van der Waals surface area contributed by atoms with E-state index in [4.69, 9.17) is 4.42 Å². The summed E-state index contributed by atoms with van der Waals surface area (Å²) in [6.07, 6.45) is 2.24. The van der Waals surface area contributed by atoms with Gasteiger partial charge in [0.15, 0.2) is 5.76 Å². The highest BCUT2D eigenvalue weighted by molar-refractivity contribution is 7.12. The van der Waals surface area contributed by atoms with Crippen LogP contribution in [0.4, 0.5) is 11.4 Å². The molecule has 1 aliphatic rings. The first-order valence-electron chi connectivity index (χ1n) is 7.55. The molecule has 0 spiro atoms. The van der Waals surface area contributed by atoms with Crippen LogP contribution in [0.5, 0.6) is 0 Å². The number of hydrogen-bond acceptors (Lipinski definition) is 4. The molecule has 3 heterocycles. The third kappa shape index (κ3) is 2.61. The van der Waals surface area contributed by atoms with Crippen LogP contribution in [0.25, 0.3) is 0 Å². The molecule has 0 aliphatic carbocycles. The molecule has 0 saturated heterocycles. The van der Waals surface area contributed by atoms with Crippen LogP contribution in [0.1, 0.15) is 25.8 Å². The molecule has 4 rings (SSSR count). The van der Waals surface area contributed by atoms with Crippen LogP contribution in [0.15, 0.2) is 58.5 Å². The number of anilines is 2. The van der Waals surface area contributed by atoms with E-state index in [2.05, 4.69) is 5.32 Å². The van der Waals surface area contributed by atoms with E-state index in [0.29, 0.717) is 12.2 Å². The summed E-state index contributed by atoms with van der Waals surface area (Å²) in [5.41, 5.74) is 2.65. The highest BCUT2D eigenvalue weighted by atomic mass is 32.1. The van der Waals surface area contributed by atoms with Gasteiger partial charge in [0.2, 0.25) is 0 Å². The molecule has 2 amide bonds. The zero-order valence-electron chi connectivity index (χ0n) is 12.7. The Labute approximate surface area is 142 Å². The van der Waals surface area contributed by atoms with E-state index in [1.54, 1.807) is 23.1 Å². The number of fused-ring (bicyclic) bond motifs is 1. The lowest BCUT2D eigenvalue weighted by molar-refractivity contribution is 0.0987. The number of hydrogen-bond donors (Lipinski definition) is 1. The Morgan fingerprint density at radius 3 is 2.83 bits per heavy atom. The number of carbonyl (C=O) groups is 2. The highest BCUT2D eigenvalue weighted by Gasteiger charge is 2.26. The lowest BCUT2D eigenvalue weighted by Gasteiger charge is -2.16. The first-order valence-corrected chi connectivity index (χ1v) is 8.43. The summed E-state index contributed by atoms with van der Waals surface area (Å²) in [4.78, 5) is 27.1. The standard InChI is InChI=1S/C18H14N2O3S/c21-17(15-3-1-9-23-15)19-13-5-6-14-12(11-13)7-8-20(14)18(22)16-4-2-10-24-16/h1-6,9-11H,7-8H2,(H,19,21). The molecule has 24 heavy (non-hydrogen) atoms. The normalized spacial score (nSPS) is 12.9. The fourth-order valence-electron chi connectivity index (χ4n) is 2.82. The van der Waals surface area contributed by atoms with Crippen LogP contribution < -0.4 is 10.2 Å². The number of nitrogens with one attached hydrogen (secondary N) is 1. The van der Waals surface area contributed by atoms with E-state index in [0.717, 1.165) is 22.5 Å². The summed E-state index contributed by atoms with van der Waals surface area (Å²) >= 11 is 1.44. The first-order chi connectivity index (χ1) is 11.7. The van der Waals surface area contributed by atoms with Gasteiger partial charge in [0.1, 0.15) is 0 Å². The van der Waals surface area contributed by atoms with Crippen molar-refractivity contribution >= 4 is 34.5 Å². The van der Waals surface area contributed by atoms with Gasteiger partial charge < -0.3 is 14.6 Å². The van der Waals surface area contributed by atoms with Gasteiger partial charge in [0, 0.05) is 17.9 Å². The summed E-state index contributed by atoms with van der Waals surface area (Å²) in [6, 6.07) is 12.6. The molecule has 0 radical (unpaired) electrons. The Kier molecular flexibility index (Phi) is 3.66. The number of nitrogens with zero attached hydrogens (tertiary/aromatic N) is 1. The Balaban J connectivity index is 1.54. The molecule has 5 nitrogen and oxygen atoms in total. The average Bonchev–Trinajstić information content (AvgIpc) is 3.33. The van der Waals surface area contributed by atoms with Gasteiger partial charge in [-0.05, 0) is 53.8 Å². The fourth-order valence-corrected chi connectivity index (χ4v) is 3.50. The maximum Gasteiger partial charge on any atom is 0.291 e. The maximum absolute atomic E-state index is 12.5. The summed E-state index contributed by atoms with van der Waals surface area (Å²) < 4.78 is 5.09. The minimum atomic E-state index is -0.288. The van der Waals surface area contributed by atoms with Crippen molar-refractivity contribution in [3.05, 3.63) is 70.3 Å². The van der Waals surface area contributed by atoms with E-state index in [1.165, 1.54) is 17.6 Å². The lowest BCUT2D eigenvalue weighted by atomic mass is 10.1. The molecule has 3 aromatic rings. The van der Waals surface area contributed by atoms with Crippen molar-refractivity contribution in [2.45, 2.75) is 6.42 Å². The first kappa shape index (κ1) is 14.7. The van der Waals surface area contributed by atoms with Gasteiger partial charge in [-0.1, -0.05) is 6.07 Å². The second kappa shape index (κ2) is 5.98. The molecule has 1 aromatic carbocycles. The predicted octanol–water partition coefficient (Wildman–Crippen LogP) is 3.80. The van der Waals surface area contributed by atoms with Crippen molar-refractivity contribution in [1.29, 1.82) is 0 Å². The summed E-state index contributed by atoms with van der Waals surface area (Å²) in [5, 5.41) is 4.71. The molecular formula is C18H14N2O3S. The lowest BCUT2D eigenvalue weighted by Crippen LogP contribution is -2.28. The summed E-state index contributed by atoms with van der Waals surface area (Å²) in [6.45, 7) is 0.654. The fraction of sp³-hybridized carbons (Fsp3) is 0.111. The average molecular weight is 338 g/mol. The zero-order valence-corrected chi connectivity index (χ0v) is 13.5. The molecule has 0 bridgehead atoms. The van der Waals surface area contributed by atoms with Crippen LogP contribution in [0.3, 0.4) is 0 Å². The molecule has 6 heteroatoms. The monoisotopic (exact) mass is 338 g/mol. The van der Waals surface area contributed by atoms with Crippen LogP contribution in [0.2, 0.25) is 0 Å². The summed E-state index contributed by atoms with van der Waals surface area (Å²) in [7, 11) is 0. The molecule has 0 saturated carbocycles. The molecule has 0 fully saturated rings. The minimum Gasteiger partial charge on any atom is -0.459 e. The van der Waals surface area contributed by atoms with Crippen LogP contribution in [0, 0.1) is 0 Å². The SMILES string of the molecule is O=C(Nc1ccc2c(c1)CCN2C(=O)c1cccs1)c1ccco1. The number of carbonyl (C=O) groups excluding carboxylic acids is 2. The van der Waals surface area contributed by atoms with Crippen molar-refractivity contribution in [3.63, 3.8) is 0 Å². The van der Waals surface area contributed by atoms with Crippen molar-refractivity contribution in [3.8, 4) is 0 Å². The molecule has 0 atom stereocenters. The second-order valence-corrected chi connectivity index (χ2v) is 6.41. The third-order valence-corrected chi connectivity index (χ3v) is 4.81. The van der Waals surface area contributed by atoms with E-state index < -0.39 is 0 Å². The van der Waals surface area contributed by atoms with Crippen LogP contribution >= 0.6 is 11.3 Å². The van der Waals surface area contributed by atoms with Crippen molar-refractivity contribution < 1.29 is 14.0 Å². The maximum atomic E-state index is 12.5. The smallest absolute Gasteiger partial charge is 0.291 e. The van der Waals surface area contributed by atoms with Gasteiger partial charge in [-0.25, -0.2) is 0 Å². The van der Waals surface area contributed by atoms with Crippen molar-refractivity contribution in [2.24, 2.45) is 0 Å². The van der Waals surface area contributed by atoms with E-state index in [-0.39, 0.29) is 17.6 Å². The Hall–Kier alpha value is -2.86. The number of rotatable bonds is 3. The number of furan rings is 1. The van der Waals surface area contributed by atoms with Crippen molar-refractivity contribution in [2.75, 3.05) is 16.8 Å². The predicted molar refractivity (Wildman–Crippen MR) is 92.8 cm³/mol. The van der Waals surface area contributed by atoms with Crippen molar-refractivity contribution in [1.82, 2.24) is 0 Å². The third-order valence-electron chi connectivity index (χ3n) is 3.95. The molecular weight excluding hydrogens is 324 g/mol. The molecule has 2 aromatic heterocycles. The quantitative estimate of drug-likeness (QED) is 0.790. The second-order valence-electron chi connectivity index (χ2n) is 5.46. The van der Waals surface area contributed by atoms with Gasteiger partial charge in [-0.2, -0.15) is 0 Å². The van der Waals surface area contributed by atoms with E-state index in [9.17, 15) is 9.59 Å². The minimum absolute atomic E-state index is 0.0242. The largest absolute Gasteiger partial charge is 0.459 e. The molecule has 0 unspecified atom stereocenters. The Morgan fingerprint density at radius 2 is 2.08 bits per heavy atom. The Morgan fingerprint density at radius 1 is 1.17 bits per heavy atom. The number of amides is 2. The number of thiophene rings is 1. The topological polar surface area (TPSA) is 62.6 Å². The Bertz CT molecular complexity index is 885. The molecule has 1 N–H and O–H groups in total. The van der Waals surface area contributed by atoms with Gasteiger partial charge in [-0.15, -0.1) is 11.3 Å². The summed E-state index contributed by atoms with van der Waals surface area (Å²) in [5.74, 6) is 0.00517. The van der Waals surface area contributed by atoms with E-state index >= 15 is 0 Å². The van der Waals surface area contributed by atoms with Gasteiger partial charge >= 0.3 is 0 Å². The zero-order chi connectivity index (χ0) is 16.5. The van der Waals surface area contributed by atoms with Gasteiger partial charge in [-0.3, -0.25) is 9.59 Å². The molecule has 120 valence electrons. The van der Waals surface area contributed by atoms with Crippen LogP contribution in [-0.2, 0) is 6.42 Å². The van der Waals surface area contributed by atoms with Gasteiger partial charge in [0.25, 0.3) is 11.8 Å². The van der Waals surface area contributed by atoms with Crippen LogP contribution in [-0.4, -0.2) is 18.4 Å². The van der Waals surface area contributed by atoms with Gasteiger partial charge in [0.05, 0.1) is 11.1 Å². The number of benzene rings is 1. The highest BCUT2D eigenvalue weighted by Crippen LogP contribution is 2.32.